The fourth-order valence-corrected chi connectivity index (χ4v) is 2.65. The Morgan fingerprint density at radius 3 is 2.68 bits per heavy atom. The zero-order valence-corrected chi connectivity index (χ0v) is 12.6. The highest BCUT2D eigenvalue weighted by Crippen LogP contribution is 2.28. The van der Waals surface area contributed by atoms with Crippen LogP contribution in [0.2, 0.25) is 0 Å². The van der Waals surface area contributed by atoms with Crippen LogP contribution in [0.3, 0.4) is 0 Å². The second-order valence-electron chi connectivity index (χ2n) is 5.41. The molecule has 0 aromatic heterocycles. The van der Waals surface area contributed by atoms with Crippen LogP contribution < -0.4 is 26.1 Å². The Morgan fingerprint density at radius 2 is 1.91 bits per heavy atom. The zero-order chi connectivity index (χ0) is 15.4. The van der Waals surface area contributed by atoms with Gasteiger partial charge in [-0.1, -0.05) is 24.3 Å². The van der Waals surface area contributed by atoms with Gasteiger partial charge in [0.05, 0.1) is 13.2 Å². The van der Waals surface area contributed by atoms with Gasteiger partial charge in [0.2, 0.25) is 0 Å². The van der Waals surface area contributed by atoms with Gasteiger partial charge in [-0.05, 0) is 36.2 Å². The average Bonchev–Trinajstić information content (AvgIpc) is 3.02. The molecule has 4 N–H and O–H groups in total. The number of nitrogens with two attached hydrogens (primary N) is 1. The van der Waals surface area contributed by atoms with Gasteiger partial charge in [-0.15, -0.1) is 0 Å². The van der Waals surface area contributed by atoms with Gasteiger partial charge in [0.1, 0.15) is 6.61 Å². The Morgan fingerprint density at radius 1 is 1.09 bits per heavy atom. The van der Waals surface area contributed by atoms with Crippen molar-refractivity contribution in [1.82, 2.24) is 10.9 Å². The van der Waals surface area contributed by atoms with E-state index in [0.717, 1.165) is 23.6 Å². The predicted octanol–water partition coefficient (Wildman–Crippen LogP) is 2.26. The number of nitrogen functional groups attached to an aromatic ring is 1. The van der Waals surface area contributed by atoms with Crippen LogP contribution in [0.25, 0.3) is 0 Å². The summed E-state index contributed by atoms with van der Waals surface area (Å²) in [5.74, 6) is 1.51. The van der Waals surface area contributed by atoms with E-state index in [1.54, 1.807) is 7.11 Å². The summed E-state index contributed by atoms with van der Waals surface area (Å²) in [4.78, 5) is 0. The standard InChI is InChI=1S/C17H21N3O2/c1-21-16-7-2-3-8-17(16)22-11-14-10-15(20-19-14)12-5-4-6-13(18)9-12/h2-9,14-15,19-20H,10-11,18H2,1H3. The molecule has 2 aromatic carbocycles. The highest BCUT2D eigenvalue weighted by molar-refractivity contribution is 5.42. The zero-order valence-electron chi connectivity index (χ0n) is 12.6. The van der Waals surface area contributed by atoms with E-state index < -0.39 is 0 Å². The van der Waals surface area contributed by atoms with Crippen LogP contribution in [0.15, 0.2) is 48.5 Å². The van der Waals surface area contributed by atoms with Gasteiger partial charge in [-0.2, -0.15) is 0 Å². The van der Waals surface area contributed by atoms with Crippen molar-refractivity contribution in [3.8, 4) is 11.5 Å². The number of anilines is 1. The summed E-state index contributed by atoms with van der Waals surface area (Å²) < 4.78 is 11.2. The number of ether oxygens (including phenoxy) is 2. The van der Waals surface area contributed by atoms with E-state index in [1.165, 1.54) is 5.56 Å². The van der Waals surface area contributed by atoms with Crippen molar-refractivity contribution in [2.24, 2.45) is 0 Å². The molecule has 2 unspecified atom stereocenters. The Bertz CT molecular complexity index is 633. The largest absolute Gasteiger partial charge is 0.493 e. The third-order valence-corrected chi connectivity index (χ3v) is 3.80. The first-order chi connectivity index (χ1) is 10.8. The lowest BCUT2D eigenvalue weighted by Gasteiger charge is -2.14. The molecular formula is C17H21N3O2. The Balaban J connectivity index is 1.57. The van der Waals surface area contributed by atoms with E-state index in [9.17, 15) is 0 Å². The third-order valence-electron chi connectivity index (χ3n) is 3.80. The van der Waals surface area contributed by atoms with E-state index in [2.05, 4.69) is 16.9 Å². The summed E-state index contributed by atoms with van der Waals surface area (Å²) in [6, 6.07) is 16.1. The smallest absolute Gasteiger partial charge is 0.161 e. The highest BCUT2D eigenvalue weighted by Gasteiger charge is 2.25. The van der Waals surface area contributed by atoms with E-state index in [-0.39, 0.29) is 12.1 Å². The molecule has 22 heavy (non-hydrogen) atoms. The van der Waals surface area contributed by atoms with Crippen LogP contribution >= 0.6 is 0 Å². The van der Waals surface area contributed by atoms with E-state index in [1.807, 2.05) is 42.5 Å². The molecule has 116 valence electrons. The van der Waals surface area contributed by atoms with E-state index in [0.29, 0.717) is 6.61 Å². The van der Waals surface area contributed by atoms with Crippen LogP contribution in [0, 0.1) is 0 Å². The Hall–Kier alpha value is -2.24. The summed E-state index contributed by atoms with van der Waals surface area (Å²) in [6.07, 6.45) is 0.943. The molecule has 0 spiro atoms. The van der Waals surface area contributed by atoms with Crippen LogP contribution in [0.4, 0.5) is 5.69 Å². The molecule has 2 aromatic rings. The van der Waals surface area contributed by atoms with Crippen LogP contribution in [-0.2, 0) is 0 Å². The van der Waals surface area contributed by atoms with Gasteiger partial charge in [0.25, 0.3) is 0 Å². The highest BCUT2D eigenvalue weighted by atomic mass is 16.5. The molecule has 5 heteroatoms. The van der Waals surface area contributed by atoms with Gasteiger partial charge in [-0.3, -0.25) is 5.43 Å². The lowest BCUT2D eigenvalue weighted by molar-refractivity contribution is 0.259. The average molecular weight is 299 g/mol. The molecule has 1 fully saturated rings. The molecule has 0 bridgehead atoms. The van der Waals surface area contributed by atoms with Crippen molar-refractivity contribution < 1.29 is 9.47 Å². The van der Waals surface area contributed by atoms with Crippen LogP contribution in [0.5, 0.6) is 11.5 Å². The normalized spacial score (nSPS) is 20.8. The molecule has 0 radical (unpaired) electrons. The SMILES string of the molecule is COc1ccccc1OCC1CC(c2cccc(N)c2)NN1. The van der Waals surface area contributed by atoms with Crippen molar-refractivity contribution in [1.29, 1.82) is 0 Å². The molecule has 1 aliphatic heterocycles. The summed E-state index contributed by atoms with van der Waals surface area (Å²) >= 11 is 0. The molecule has 1 heterocycles. The molecule has 3 rings (SSSR count). The summed E-state index contributed by atoms with van der Waals surface area (Å²) in [7, 11) is 1.65. The first kappa shape index (κ1) is 14.7. The molecule has 0 amide bonds. The monoisotopic (exact) mass is 299 g/mol. The van der Waals surface area contributed by atoms with Gasteiger partial charge in [0, 0.05) is 11.7 Å². The molecule has 0 saturated carbocycles. The van der Waals surface area contributed by atoms with E-state index >= 15 is 0 Å². The maximum Gasteiger partial charge on any atom is 0.161 e. The van der Waals surface area contributed by atoms with Crippen molar-refractivity contribution >= 4 is 5.69 Å². The molecule has 0 aliphatic carbocycles. The van der Waals surface area contributed by atoms with Gasteiger partial charge >= 0.3 is 0 Å². The van der Waals surface area contributed by atoms with Gasteiger partial charge in [0.15, 0.2) is 11.5 Å². The van der Waals surface area contributed by atoms with Crippen LogP contribution in [-0.4, -0.2) is 19.8 Å². The summed E-state index contributed by atoms with van der Waals surface area (Å²) in [5, 5.41) is 0. The second-order valence-corrected chi connectivity index (χ2v) is 5.41. The minimum atomic E-state index is 0.233. The molecule has 1 aliphatic rings. The van der Waals surface area contributed by atoms with E-state index in [4.69, 9.17) is 15.2 Å². The second kappa shape index (κ2) is 6.68. The first-order valence-electron chi connectivity index (χ1n) is 7.38. The molecule has 5 nitrogen and oxygen atoms in total. The lowest BCUT2D eigenvalue weighted by atomic mass is 10.0. The number of benzene rings is 2. The van der Waals surface area contributed by atoms with Crippen LogP contribution in [0.1, 0.15) is 18.0 Å². The fraction of sp³-hybridized carbons (Fsp3) is 0.294. The van der Waals surface area contributed by atoms with Crippen molar-refractivity contribution in [2.75, 3.05) is 19.5 Å². The summed E-state index contributed by atoms with van der Waals surface area (Å²) in [6.45, 7) is 0.576. The number of hydrogen-bond donors (Lipinski definition) is 3. The minimum absolute atomic E-state index is 0.233. The number of para-hydroxylation sites is 2. The Labute approximate surface area is 130 Å². The van der Waals surface area contributed by atoms with Gasteiger partial charge in [-0.25, -0.2) is 5.43 Å². The topological polar surface area (TPSA) is 68.5 Å². The maximum absolute atomic E-state index is 5.87. The quantitative estimate of drug-likeness (QED) is 0.739. The number of hydrogen-bond acceptors (Lipinski definition) is 5. The molecule has 1 saturated heterocycles. The lowest BCUT2D eigenvalue weighted by Crippen LogP contribution is -2.34. The van der Waals surface area contributed by atoms with Crippen molar-refractivity contribution in [2.45, 2.75) is 18.5 Å². The fourth-order valence-electron chi connectivity index (χ4n) is 2.65. The van der Waals surface area contributed by atoms with Gasteiger partial charge < -0.3 is 15.2 Å². The third kappa shape index (κ3) is 3.32. The molecule has 2 atom stereocenters. The Kier molecular flexibility index (Phi) is 4.46. The maximum atomic E-state index is 5.87. The van der Waals surface area contributed by atoms with Crippen molar-refractivity contribution in [3.63, 3.8) is 0 Å². The summed E-state index contributed by atoms with van der Waals surface area (Å²) in [5.41, 5.74) is 14.4. The minimum Gasteiger partial charge on any atom is -0.493 e. The number of rotatable bonds is 5. The first-order valence-corrected chi connectivity index (χ1v) is 7.38. The van der Waals surface area contributed by atoms with Crippen molar-refractivity contribution in [3.05, 3.63) is 54.1 Å². The number of methoxy groups -OCH3 is 1. The number of nitrogens with one attached hydrogen (secondary N) is 2. The molecular weight excluding hydrogens is 278 g/mol. The number of hydrazine groups is 1. The predicted molar refractivity (Wildman–Crippen MR) is 86.8 cm³/mol.